The molecule has 0 spiro atoms. The molecule has 0 heterocycles. The van der Waals surface area contributed by atoms with Crippen LogP contribution in [0, 0.1) is 0 Å². The third-order valence-corrected chi connectivity index (χ3v) is 2.90. The van der Waals surface area contributed by atoms with Crippen LogP contribution in [0.2, 0.25) is 0 Å². The van der Waals surface area contributed by atoms with Crippen molar-refractivity contribution in [1.29, 1.82) is 0 Å². The molecule has 1 aliphatic carbocycles. The van der Waals surface area contributed by atoms with E-state index in [0.717, 1.165) is 5.56 Å². The van der Waals surface area contributed by atoms with Crippen LogP contribution in [0.5, 0.6) is 5.75 Å². The number of hydrogen-bond acceptors (Lipinski definition) is 3. The van der Waals surface area contributed by atoms with E-state index in [1.807, 2.05) is 0 Å². The molecule has 0 aromatic heterocycles. The van der Waals surface area contributed by atoms with E-state index in [2.05, 4.69) is 4.74 Å². The Morgan fingerprint density at radius 2 is 2.10 bits per heavy atom. The second kappa shape index (κ2) is 5.56. The van der Waals surface area contributed by atoms with Gasteiger partial charge in [0.1, 0.15) is 5.75 Å². The first-order valence-electron chi connectivity index (χ1n) is 6.15. The summed E-state index contributed by atoms with van der Waals surface area (Å²) in [6.45, 7) is 1.95. The van der Waals surface area contributed by atoms with Gasteiger partial charge in [0.25, 0.3) is 0 Å². The number of carbonyl (C=O) groups excluding carboxylic acids is 1. The number of halogens is 3. The molecule has 0 radical (unpaired) electrons. The Morgan fingerprint density at radius 1 is 1.35 bits per heavy atom. The van der Waals surface area contributed by atoms with Gasteiger partial charge in [-0.15, -0.1) is 13.2 Å². The fourth-order valence-corrected chi connectivity index (χ4v) is 2.15. The van der Waals surface area contributed by atoms with Gasteiger partial charge in [0.2, 0.25) is 0 Å². The van der Waals surface area contributed by atoms with Crippen molar-refractivity contribution in [2.45, 2.75) is 26.1 Å². The monoisotopic (exact) mass is 286 g/mol. The van der Waals surface area contributed by atoms with E-state index in [9.17, 15) is 18.0 Å². The van der Waals surface area contributed by atoms with E-state index in [1.54, 1.807) is 13.0 Å². The molecule has 0 N–H and O–H groups in total. The van der Waals surface area contributed by atoms with Crippen molar-refractivity contribution in [3.05, 3.63) is 35.4 Å². The lowest BCUT2D eigenvalue weighted by Gasteiger charge is -2.10. The molecule has 1 aliphatic rings. The number of hydrogen-bond donors (Lipinski definition) is 0. The van der Waals surface area contributed by atoms with Crippen molar-refractivity contribution >= 4 is 11.5 Å². The van der Waals surface area contributed by atoms with Gasteiger partial charge in [-0.1, -0.05) is 6.07 Å². The molecule has 0 saturated heterocycles. The summed E-state index contributed by atoms with van der Waals surface area (Å²) in [5.41, 5.74) is 2.18. The Kier molecular flexibility index (Phi) is 4.01. The summed E-state index contributed by atoms with van der Waals surface area (Å²) < 4.78 is 45.3. The van der Waals surface area contributed by atoms with Gasteiger partial charge in [-0.3, -0.25) is 0 Å². The summed E-state index contributed by atoms with van der Waals surface area (Å²) in [5, 5.41) is 0. The number of fused-ring (bicyclic) bond motifs is 1. The quantitative estimate of drug-likeness (QED) is 0.630. The normalized spacial score (nSPS) is 16.1. The molecule has 0 amide bonds. The van der Waals surface area contributed by atoms with Crippen LogP contribution in [0.25, 0.3) is 5.57 Å². The van der Waals surface area contributed by atoms with E-state index in [4.69, 9.17) is 4.74 Å². The molecule has 0 unspecified atom stereocenters. The van der Waals surface area contributed by atoms with E-state index < -0.39 is 12.3 Å². The highest BCUT2D eigenvalue weighted by Crippen LogP contribution is 2.36. The molecule has 0 saturated carbocycles. The third-order valence-electron chi connectivity index (χ3n) is 2.90. The maximum Gasteiger partial charge on any atom is 0.573 e. The number of esters is 1. The van der Waals surface area contributed by atoms with E-state index >= 15 is 0 Å². The van der Waals surface area contributed by atoms with Crippen molar-refractivity contribution < 1.29 is 27.4 Å². The fraction of sp³-hybridized carbons (Fsp3) is 0.357. The van der Waals surface area contributed by atoms with Crippen LogP contribution in [-0.2, 0) is 16.0 Å². The predicted octanol–water partition coefficient (Wildman–Crippen LogP) is 3.48. The van der Waals surface area contributed by atoms with Crippen LogP contribution in [0.3, 0.4) is 0 Å². The first-order chi connectivity index (χ1) is 9.39. The maximum absolute atomic E-state index is 12.2. The zero-order valence-electron chi connectivity index (χ0n) is 10.8. The van der Waals surface area contributed by atoms with Gasteiger partial charge >= 0.3 is 12.3 Å². The zero-order valence-corrected chi connectivity index (χ0v) is 10.8. The summed E-state index contributed by atoms with van der Waals surface area (Å²) >= 11 is 0. The molecular formula is C14H13F3O3. The fourth-order valence-electron chi connectivity index (χ4n) is 2.15. The van der Waals surface area contributed by atoms with Crippen molar-refractivity contribution in [2.24, 2.45) is 0 Å². The topological polar surface area (TPSA) is 35.5 Å². The highest BCUT2D eigenvalue weighted by atomic mass is 19.4. The van der Waals surface area contributed by atoms with Crippen LogP contribution in [0.1, 0.15) is 24.5 Å². The first kappa shape index (κ1) is 14.4. The van der Waals surface area contributed by atoms with Gasteiger partial charge in [0, 0.05) is 6.08 Å². The van der Waals surface area contributed by atoms with Crippen LogP contribution in [0.4, 0.5) is 13.2 Å². The smallest absolute Gasteiger partial charge is 0.463 e. The van der Waals surface area contributed by atoms with Crippen molar-refractivity contribution in [3.63, 3.8) is 0 Å². The molecule has 1 aromatic rings. The van der Waals surface area contributed by atoms with Gasteiger partial charge in [-0.2, -0.15) is 0 Å². The summed E-state index contributed by atoms with van der Waals surface area (Å²) in [6.07, 6.45) is -2.11. The average molecular weight is 286 g/mol. The van der Waals surface area contributed by atoms with Crippen molar-refractivity contribution in [3.8, 4) is 5.75 Å². The molecule has 0 aliphatic heterocycles. The summed E-state index contributed by atoms with van der Waals surface area (Å²) in [7, 11) is 0. The number of alkyl halides is 3. The van der Waals surface area contributed by atoms with Crippen molar-refractivity contribution in [2.75, 3.05) is 6.61 Å². The van der Waals surface area contributed by atoms with Gasteiger partial charge < -0.3 is 9.47 Å². The lowest BCUT2D eigenvalue weighted by Crippen LogP contribution is -2.17. The molecule has 108 valence electrons. The Balaban J connectivity index is 2.26. The van der Waals surface area contributed by atoms with Crippen LogP contribution >= 0.6 is 0 Å². The Bertz CT molecular complexity index is 547. The minimum absolute atomic E-state index is 0.257. The van der Waals surface area contributed by atoms with Crippen molar-refractivity contribution in [1.82, 2.24) is 0 Å². The van der Waals surface area contributed by atoms with Gasteiger partial charge in [0.15, 0.2) is 0 Å². The van der Waals surface area contributed by atoms with Gasteiger partial charge in [0.05, 0.1) is 6.61 Å². The number of rotatable bonds is 3. The molecule has 1 aromatic carbocycles. The lowest BCUT2D eigenvalue weighted by atomic mass is 10.1. The first-order valence-corrected chi connectivity index (χ1v) is 6.15. The molecular weight excluding hydrogens is 273 g/mol. The van der Waals surface area contributed by atoms with Crippen LogP contribution in [-0.4, -0.2) is 18.9 Å². The molecule has 0 atom stereocenters. The number of aryl methyl sites for hydroxylation is 1. The van der Waals surface area contributed by atoms with Gasteiger partial charge in [-0.25, -0.2) is 4.79 Å². The largest absolute Gasteiger partial charge is 0.573 e. The molecule has 20 heavy (non-hydrogen) atoms. The second-order valence-corrected chi connectivity index (χ2v) is 4.29. The van der Waals surface area contributed by atoms with E-state index in [1.165, 1.54) is 18.2 Å². The third kappa shape index (κ3) is 3.53. The highest BCUT2D eigenvalue weighted by molar-refractivity contribution is 5.93. The number of allylic oxidation sites excluding steroid dienone is 1. The van der Waals surface area contributed by atoms with Crippen LogP contribution < -0.4 is 4.74 Å². The van der Waals surface area contributed by atoms with E-state index in [-0.39, 0.29) is 12.4 Å². The molecule has 3 nitrogen and oxygen atoms in total. The zero-order chi connectivity index (χ0) is 14.8. The summed E-state index contributed by atoms with van der Waals surface area (Å²) in [4.78, 5) is 11.4. The Labute approximate surface area is 114 Å². The molecule has 0 bridgehead atoms. The Hall–Kier alpha value is -1.98. The average Bonchev–Trinajstić information content (AvgIpc) is 2.70. The lowest BCUT2D eigenvalue weighted by molar-refractivity contribution is -0.274. The number of ether oxygens (including phenoxy) is 2. The summed E-state index contributed by atoms with van der Waals surface area (Å²) in [5.74, 6) is -0.773. The standard InChI is InChI=1S/C14H13F3O3/c1-2-19-13(18)7-10-4-3-9-5-6-11(8-12(9)10)20-14(15,16)17/h5-8H,2-4H2,1H3/b10-7+. The number of benzene rings is 1. The van der Waals surface area contributed by atoms with Gasteiger partial charge in [-0.05, 0) is 48.6 Å². The maximum atomic E-state index is 12.2. The molecule has 0 fully saturated rings. The highest BCUT2D eigenvalue weighted by Gasteiger charge is 2.31. The summed E-state index contributed by atoms with van der Waals surface area (Å²) in [6, 6.07) is 4.17. The number of carbonyl (C=O) groups is 1. The van der Waals surface area contributed by atoms with E-state index in [0.29, 0.717) is 24.0 Å². The minimum Gasteiger partial charge on any atom is -0.463 e. The SMILES string of the molecule is CCOC(=O)/C=C1\CCc2ccc(OC(F)(F)F)cc21. The Morgan fingerprint density at radius 3 is 2.75 bits per heavy atom. The second-order valence-electron chi connectivity index (χ2n) is 4.29. The molecule has 2 rings (SSSR count). The molecule has 6 heteroatoms. The minimum atomic E-state index is -4.72. The predicted molar refractivity (Wildman–Crippen MR) is 66.1 cm³/mol. The van der Waals surface area contributed by atoms with Crippen LogP contribution in [0.15, 0.2) is 24.3 Å².